The number of aliphatic hydroxyl groups excluding tert-OH is 1. The van der Waals surface area contributed by atoms with Gasteiger partial charge in [0.15, 0.2) is 23.1 Å². The minimum absolute atomic E-state index is 0.0398. The second kappa shape index (κ2) is 16.3. The van der Waals surface area contributed by atoms with Gasteiger partial charge in [0, 0.05) is 44.7 Å². The molecule has 2 aliphatic rings. The number of nitrogens with two attached hydrogens (primary N) is 1. The van der Waals surface area contributed by atoms with E-state index in [0.717, 1.165) is 37.8 Å². The molecule has 1 aliphatic heterocycles. The van der Waals surface area contributed by atoms with Gasteiger partial charge in [0.2, 0.25) is 5.91 Å². The molecule has 2 fully saturated rings. The van der Waals surface area contributed by atoms with Crippen LogP contribution in [-0.4, -0.2) is 116 Å². The Kier molecular flexibility index (Phi) is 12.5. The van der Waals surface area contributed by atoms with E-state index in [1.54, 1.807) is 16.8 Å². The van der Waals surface area contributed by atoms with E-state index >= 15 is 0 Å². The molecule has 2 heterocycles. The lowest BCUT2D eigenvalue weighted by Crippen LogP contribution is -2.56. The summed E-state index contributed by atoms with van der Waals surface area (Å²) in [6.45, 7) is 3.19. The van der Waals surface area contributed by atoms with Crippen molar-refractivity contribution in [2.75, 3.05) is 79.0 Å². The molecule has 2 amide bonds. The Morgan fingerprint density at radius 1 is 0.884 bits per heavy atom. The fraction of sp³-hybridized carbons (Fsp3) is 0.667. The minimum atomic E-state index is -1.04. The number of nitrogens with zero attached hydrogens (tertiary/aromatic N) is 3. The van der Waals surface area contributed by atoms with E-state index in [1.165, 1.54) is 11.0 Å². The molecule has 1 aliphatic carbocycles. The predicted molar refractivity (Wildman–Crippen MR) is 155 cm³/mol. The highest BCUT2D eigenvalue weighted by Crippen LogP contribution is 2.35. The van der Waals surface area contributed by atoms with Crippen molar-refractivity contribution in [1.29, 1.82) is 0 Å². The van der Waals surface area contributed by atoms with Gasteiger partial charge in [-0.05, 0) is 24.8 Å². The lowest BCUT2D eigenvalue weighted by atomic mass is 9.83. The average Bonchev–Trinajstić information content (AvgIpc) is 3.29. The van der Waals surface area contributed by atoms with Gasteiger partial charge in [0.1, 0.15) is 6.61 Å². The molecule has 1 aromatic heterocycles. The molecule has 13 heteroatoms. The van der Waals surface area contributed by atoms with E-state index in [0.29, 0.717) is 58.1 Å². The van der Waals surface area contributed by atoms with Gasteiger partial charge in [-0.25, -0.2) is 8.78 Å². The largest absolute Gasteiger partial charge is 0.488 e. The number of hydrogen-bond acceptors (Lipinski definition) is 8. The number of aromatic nitrogens is 1. The van der Waals surface area contributed by atoms with Gasteiger partial charge in [-0.1, -0.05) is 19.3 Å². The highest BCUT2D eigenvalue weighted by atomic mass is 19.2. The number of fused-ring (bicyclic) bond motifs is 1. The first kappa shape index (κ1) is 33.1. The molecule has 3 N–H and O–H groups in total. The average molecular weight is 611 g/mol. The third-order valence-corrected chi connectivity index (χ3v) is 8.17. The number of aliphatic hydroxyl groups is 1. The number of rotatable bonds is 15. The number of amides is 2. The van der Waals surface area contributed by atoms with E-state index in [1.807, 2.05) is 0 Å². The Bertz CT molecular complexity index is 1210. The van der Waals surface area contributed by atoms with Crippen LogP contribution in [0.25, 0.3) is 10.9 Å². The molecule has 1 unspecified atom stereocenters. The van der Waals surface area contributed by atoms with Crippen molar-refractivity contribution in [3.8, 4) is 5.75 Å². The standard InChI is InChI=1S/C30H44F2N4O7/c1-34-25-20-24(32)23(31)19-22(25)28(43-18-17-42-16-15-41-14-13-40-12-11-37)27(34)30(39)36-9-7-35(8-10-36)29(38)26(33)21-5-3-2-4-6-21/h19-21,26,37H,2-18,33H2,1H3. The number of ether oxygens (including phenoxy) is 4. The lowest BCUT2D eigenvalue weighted by Gasteiger charge is -2.37. The smallest absolute Gasteiger partial charge is 0.274 e. The zero-order valence-corrected chi connectivity index (χ0v) is 24.9. The van der Waals surface area contributed by atoms with Crippen LogP contribution in [0.1, 0.15) is 42.6 Å². The first-order chi connectivity index (χ1) is 20.8. The molecule has 1 atom stereocenters. The van der Waals surface area contributed by atoms with E-state index in [-0.39, 0.29) is 61.0 Å². The second-order valence-corrected chi connectivity index (χ2v) is 11.0. The highest BCUT2D eigenvalue weighted by molar-refractivity contribution is 6.04. The third-order valence-electron chi connectivity index (χ3n) is 8.17. The SMILES string of the molecule is Cn1c(C(=O)N2CCN(C(=O)C(N)C3CCCCC3)CC2)c(OCCOCCOCCOCCO)c2cc(F)c(F)cc21. The molecule has 0 radical (unpaired) electrons. The van der Waals surface area contributed by atoms with Gasteiger partial charge in [-0.2, -0.15) is 0 Å². The normalized spacial score (nSPS) is 17.0. The number of piperazine rings is 1. The second-order valence-electron chi connectivity index (χ2n) is 11.0. The summed E-state index contributed by atoms with van der Waals surface area (Å²) >= 11 is 0. The number of carbonyl (C=O) groups is 2. The lowest BCUT2D eigenvalue weighted by molar-refractivity contribution is -0.135. The first-order valence-electron chi connectivity index (χ1n) is 15.1. The first-order valence-corrected chi connectivity index (χ1v) is 15.1. The summed E-state index contributed by atoms with van der Waals surface area (Å²) in [5.74, 6) is -2.13. The van der Waals surface area contributed by atoms with Crippen LogP contribution in [0.15, 0.2) is 12.1 Å². The van der Waals surface area contributed by atoms with Crippen LogP contribution >= 0.6 is 0 Å². The van der Waals surface area contributed by atoms with E-state index < -0.39 is 17.7 Å². The number of carbonyl (C=O) groups excluding carboxylic acids is 2. The zero-order chi connectivity index (χ0) is 30.8. The van der Waals surface area contributed by atoms with Crippen LogP contribution < -0.4 is 10.5 Å². The van der Waals surface area contributed by atoms with E-state index in [2.05, 4.69) is 0 Å². The summed E-state index contributed by atoms with van der Waals surface area (Å²) < 4.78 is 51.9. The van der Waals surface area contributed by atoms with Crippen LogP contribution in [0, 0.1) is 17.6 Å². The van der Waals surface area contributed by atoms with Gasteiger partial charge < -0.3 is 44.2 Å². The topological polar surface area (TPSA) is 129 Å². The monoisotopic (exact) mass is 610 g/mol. The van der Waals surface area contributed by atoms with Crippen LogP contribution in [0.4, 0.5) is 8.78 Å². The van der Waals surface area contributed by atoms with Crippen molar-refractivity contribution in [3.63, 3.8) is 0 Å². The Morgan fingerprint density at radius 3 is 2.07 bits per heavy atom. The molecule has 0 bridgehead atoms. The van der Waals surface area contributed by atoms with Crippen molar-refractivity contribution >= 4 is 22.7 Å². The summed E-state index contributed by atoms with van der Waals surface area (Å²) in [6.07, 6.45) is 5.32. The Balaban J connectivity index is 1.36. The predicted octanol–water partition coefficient (Wildman–Crippen LogP) is 2.07. The fourth-order valence-corrected chi connectivity index (χ4v) is 5.78. The van der Waals surface area contributed by atoms with Crippen molar-refractivity contribution in [3.05, 3.63) is 29.5 Å². The van der Waals surface area contributed by atoms with Crippen LogP contribution in [-0.2, 0) is 26.1 Å². The number of benzene rings is 1. The molecular weight excluding hydrogens is 566 g/mol. The Hall–Kier alpha value is -2.84. The van der Waals surface area contributed by atoms with Gasteiger partial charge in [0.05, 0.1) is 57.8 Å². The Labute approximate surface area is 250 Å². The van der Waals surface area contributed by atoms with Crippen molar-refractivity contribution < 1.29 is 42.4 Å². The minimum Gasteiger partial charge on any atom is -0.488 e. The molecule has 11 nitrogen and oxygen atoms in total. The van der Waals surface area contributed by atoms with Crippen LogP contribution in [0.2, 0.25) is 0 Å². The number of aryl methyl sites for hydroxylation is 1. The maximum absolute atomic E-state index is 14.3. The molecule has 1 aromatic carbocycles. The van der Waals surface area contributed by atoms with Crippen molar-refractivity contribution in [2.24, 2.45) is 18.7 Å². The van der Waals surface area contributed by atoms with Crippen LogP contribution in [0.5, 0.6) is 5.75 Å². The van der Waals surface area contributed by atoms with Gasteiger partial charge in [-0.15, -0.1) is 0 Å². The molecule has 4 rings (SSSR count). The number of halogens is 2. The highest BCUT2D eigenvalue weighted by Gasteiger charge is 2.34. The van der Waals surface area contributed by atoms with Crippen LogP contribution in [0.3, 0.4) is 0 Å². The molecular formula is C30H44F2N4O7. The van der Waals surface area contributed by atoms with Gasteiger partial charge in [0.25, 0.3) is 5.91 Å². The molecule has 240 valence electrons. The molecule has 1 saturated heterocycles. The molecule has 1 saturated carbocycles. The summed E-state index contributed by atoms with van der Waals surface area (Å²) in [4.78, 5) is 30.2. The maximum Gasteiger partial charge on any atom is 0.274 e. The fourth-order valence-electron chi connectivity index (χ4n) is 5.78. The molecule has 43 heavy (non-hydrogen) atoms. The summed E-state index contributed by atoms with van der Waals surface area (Å²) in [5.41, 5.74) is 6.84. The van der Waals surface area contributed by atoms with E-state index in [9.17, 15) is 18.4 Å². The summed E-state index contributed by atoms with van der Waals surface area (Å²) in [6, 6.07) is 1.56. The maximum atomic E-state index is 14.3. The molecule has 2 aromatic rings. The van der Waals surface area contributed by atoms with Gasteiger partial charge in [-0.3, -0.25) is 9.59 Å². The third kappa shape index (κ3) is 8.42. The Morgan fingerprint density at radius 2 is 1.44 bits per heavy atom. The van der Waals surface area contributed by atoms with Gasteiger partial charge >= 0.3 is 0 Å². The summed E-state index contributed by atoms with van der Waals surface area (Å²) in [7, 11) is 1.61. The molecule has 0 spiro atoms. The van der Waals surface area contributed by atoms with E-state index in [4.69, 9.17) is 29.8 Å². The zero-order valence-electron chi connectivity index (χ0n) is 24.9. The number of hydrogen-bond donors (Lipinski definition) is 2. The van der Waals surface area contributed by atoms with Crippen molar-refractivity contribution in [1.82, 2.24) is 14.4 Å². The summed E-state index contributed by atoms with van der Waals surface area (Å²) in [5, 5.41) is 8.96. The van der Waals surface area contributed by atoms with Crippen molar-refractivity contribution in [2.45, 2.75) is 38.1 Å². The quantitative estimate of drug-likeness (QED) is 0.294.